The van der Waals surface area contributed by atoms with E-state index >= 15 is 0 Å². The van der Waals surface area contributed by atoms with Crippen LogP contribution in [-0.4, -0.2) is 0 Å². The van der Waals surface area contributed by atoms with Crippen LogP contribution in [0, 0.1) is 5.82 Å². The normalized spacial score (nSPS) is 12.7. The highest BCUT2D eigenvalue weighted by Gasteiger charge is 2.11. The highest BCUT2D eigenvalue weighted by atomic mass is 19.1. The summed E-state index contributed by atoms with van der Waals surface area (Å²) in [6, 6.07) is 9.91. The minimum Gasteiger partial charge on any atom is -0.468 e. The van der Waals surface area contributed by atoms with Crippen molar-refractivity contribution in [1.29, 1.82) is 0 Å². The Bertz CT molecular complexity index is 425. The fourth-order valence-electron chi connectivity index (χ4n) is 1.50. The molecule has 0 radical (unpaired) electrons. The molecule has 0 saturated heterocycles. The van der Waals surface area contributed by atoms with E-state index in [1.807, 2.05) is 0 Å². The molecule has 1 heterocycles. The van der Waals surface area contributed by atoms with Gasteiger partial charge in [-0.1, -0.05) is 18.2 Å². The van der Waals surface area contributed by atoms with Crippen LogP contribution in [0.15, 0.2) is 47.1 Å². The van der Waals surface area contributed by atoms with Crippen LogP contribution in [0.4, 0.5) is 4.39 Å². The van der Waals surface area contributed by atoms with E-state index in [2.05, 4.69) is 0 Å². The van der Waals surface area contributed by atoms with E-state index in [-0.39, 0.29) is 11.9 Å². The maximum absolute atomic E-state index is 13.3. The molecule has 1 aromatic carbocycles. The van der Waals surface area contributed by atoms with E-state index in [4.69, 9.17) is 10.2 Å². The van der Waals surface area contributed by atoms with E-state index < -0.39 is 0 Å². The van der Waals surface area contributed by atoms with Crippen molar-refractivity contribution in [2.45, 2.75) is 12.5 Å². The predicted octanol–water partition coefficient (Wildman–Crippen LogP) is 2.66. The highest BCUT2D eigenvalue weighted by molar-refractivity contribution is 5.20. The number of nitrogens with two attached hydrogens (primary N) is 1. The van der Waals surface area contributed by atoms with Crippen molar-refractivity contribution < 1.29 is 8.81 Å². The lowest BCUT2D eigenvalue weighted by molar-refractivity contribution is 0.460. The molecule has 0 aliphatic carbocycles. The summed E-state index contributed by atoms with van der Waals surface area (Å²) in [5, 5.41) is 0. The van der Waals surface area contributed by atoms with Crippen molar-refractivity contribution in [3.05, 3.63) is 59.8 Å². The van der Waals surface area contributed by atoms with Gasteiger partial charge in [0, 0.05) is 0 Å². The Morgan fingerprint density at radius 3 is 2.67 bits per heavy atom. The quantitative estimate of drug-likeness (QED) is 0.836. The number of rotatable bonds is 3. The topological polar surface area (TPSA) is 39.2 Å². The fraction of sp³-hybridized carbons (Fsp3) is 0.167. The van der Waals surface area contributed by atoms with Crippen molar-refractivity contribution in [3.63, 3.8) is 0 Å². The molecule has 1 unspecified atom stereocenters. The van der Waals surface area contributed by atoms with Crippen molar-refractivity contribution in [1.82, 2.24) is 0 Å². The summed E-state index contributed by atoms with van der Waals surface area (Å²) in [5.41, 5.74) is 6.49. The van der Waals surface area contributed by atoms with E-state index in [1.54, 1.807) is 36.6 Å². The van der Waals surface area contributed by atoms with Gasteiger partial charge in [-0.2, -0.15) is 0 Å². The minimum absolute atomic E-state index is 0.223. The van der Waals surface area contributed by atoms with Crippen LogP contribution in [0.5, 0.6) is 0 Å². The zero-order chi connectivity index (χ0) is 10.7. The summed E-state index contributed by atoms with van der Waals surface area (Å²) in [6.45, 7) is 0. The van der Waals surface area contributed by atoms with Gasteiger partial charge in [-0.3, -0.25) is 0 Å². The van der Waals surface area contributed by atoms with Crippen LogP contribution in [0.1, 0.15) is 17.4 Å². The van der Waals surface area contributed by atoms with Crippen molar-refractivity contribution >= 4 is 0 Å². The third kappa shape index (κ3) is 2.25. The average Bonchev–Trinajstić information content (AvgIpc) is 2.74. The molecule has 78 valence electrons. The molecular formula is C12H12FNO. The molecular weight excluding hydrogens is 193 g/mol. The van der Waals surface area contributed by atoms with Gasteiger partial charge in [0.15, 0.2) is 0 Å². The van der Waals surface area contributed by atoms with E-state index in [1.165, 1.54) is 6.07 Å². The Kier molecular flexibility index (Phi) is 2.83. The molecule has 0 aliphatic rings. The summed E-state index contributed by atoms with van der Waals surface area (Å²) < 4.78 is 18.5. The Hall–Kier alpha value is -1.61. The molecule has 15 heavy (non-hydrogen) atoms. The summed E-state index contributed by atoms with van der Waals surface area (Å²) in [5.74, 6) is 0.456. The first kappa shape index (κ1) is 9.93. The molecule has 2 rings (SSSR count). The van der Waals surface area contributed by atoms with Gasteiger partial charge in [0.05, 0.1) is 12.3 Å². The van der Waals surface area contributed by atoms with Crippen LogP contribution in [-0.2, 0) is 6.42 Å². The number of hydrogen-bond acceptors (Lipinski definition) is 2. The molecule has 0 fully saturated rings. The van der Waals surface area contributed by atoms with Gasteiger partial charge in [-0.05, 0) is 30.2 Å². The van der Waals surface area contributed by atoms with Gasteiger partial charge in [-0.15, -0.1) is 0 Å². The molecule has 3 heteroatoms. The minimum atomic E-state index is -0.295. The molecule has 0 spiro atoms. The molecule has 0 aliphatic heterocycles. The van der Waals surface area contributed by atoms with Gasteiger partial charge >= 0.3 is 0 Å². The van der Waals surface area contributed by atoms with Crippen molar-refractivity contribution in [2.75, 3.05) is 0 Å². The maximum atomic E-state index is 13.3. The third-order valence-electron chi connectivity index (χ3n) is 2.31. The van der Waals surface area contributed by atoms with Gasteiger partial charge in [0.25, 0.3) is 0 Å². The average molecular weight is 205 g/mol. The van der Waals surface area contributed by atoms with Gasteiger partial charge < -0.3 is 10.2 Å². The van der Waals surface area contributed by atoms with Gasteiger partial charge in [-0.25, -0.2) is 4.39 Å². The predicted molar refractivity (Wildman–Crippen MR) is 55.7 cm³/mol. The zero-order valence-electron chi connectivity index (χ0n) is 8.19. The first-order valence-corrected chi connectivity index (χ1v) is 4.80. The second-order valence-corrected chi connectivity index (χ2v) is 3.42. The Labute approximate surface area is 87.5 Å². The lowest BCUT2D eigenvalue weighted by Crippen LogP contribution is -2.13. The van der Waals surface area contributed by atoms with Gasteiger partial charge in [0.2, 0.25) is 0 Å². The first-order valence-electron chi connectivity index (χ1n) is 4.80. The first-order chi connectivity index (χ1) is 7.27. The molecule has 1 atom stereocenters. The number of halogens is 1. The molecule has 2 N–H and O–H groups in total. The lowest BCUT2D eigenvalue weighted by atomic mass is 10.0. The number of furan rings is 1. The molecule has 0 amide bonds. The Morgan fingerprint density at radius 2 is 2.00 bits per heavy atom. The Morgan fingerprint density at radius 1 is 1.20 bits per heavy atom. The molecule has 2 aromatic rings. The Balaban J connectivity index is 2.13. The molecule has 2 nitrogen and oxygen atoms in total. The van der Waals surface area contributed by atoms with E-state index in [0.717, 1.165) is 0 Å². The van der Waals surface area contributed by atoms with E-state index in [0.29, 0.717) is 17.7 Å². The SMILES string of the molecule is NC(Cc1ccccc1F)c1ccco1. The summed E-state index contributed by atoms with van der Waals surface area (Å²) in [7, 11) is 0. The van der Waals surface area contributed by atoms with Crippen LogP contribution in [0.25, 0.3) is 0 Å². The third-order valence-corrected chi connectivity index (χ3v) is 2.31. The van der Waals surface area contributed by atoms with Crippen LogP contribution in [0.3, 0.4) is 0 Å². The molecule has 0 bridgehead atoms. The van der Waals surface area contributed by atoms with Crippen molar-refractivity contribution in [3.8, 4) is 0 Å². The van der Waals surface area contributed by atoms with Crippen LogP contribution >= 0.6 is 0 Å². The largest absolute Gasteiger partial charge is 0.468 e. The summed E-state index contributed by atoms with van der Waals surface area (Å²) >= 11 is 0. The van der Waals surface area contributed by atoms with Crippen LogP contribution in [0.2, 0.25) is 0 Å². The zero-order valence-corrected chi connectivity index (χ0v) is 8.19. The summed E-state index contributed by atoms with van der Waals surface area (Å²) in [4.78, 5) is 0. The van der Waals surface area contributed by atoms with Gasteiger partial charge in [0.1, 0.15) is 11.6 Å². The smallest absolute Gasteiger partial charge is 0.126 e. The number of benzene rings is 1. The standard InChI is InChI=1S/C12H12FNO/c13-10-5-2-1-4-9(10)8-11(14)12-6-3-7-15-12/h1-7,11H,8,14H2. The number of hydrogen-bond donors (Lipinski definition) is 1. The fourth-order valence-corrected chi connectivity index (χ4v) is 1.50. The monoisotopic (exact) mass is 205 g/mol. The molecule has 0 saturated carbocycles. The van der Waals surface area contributed by atoms with E-state index in [9.17, 15) is 4.39 Å². The maximum Gasteiger partial charge on any atom is 0.126 e. The lowest BCUT2D eigenvalue weighted by Gasteiger charge is -2.09. The second-order valence-electron chi connectivity index (χ2n) is 3.42. The molecule has 1 aromatic heterocycles. The summed E-state index contributed by atoms with van der Waals surface area (Å²) in [6.07, 6.45) is 2.01. The van der Waals surface area contributed by atoms with Crippen molar-refractivity contribution in [2.24, 2.45) is 5.73 Å². The highest BCUT2D eigenvalue weighted by Crippen LogP contribution is 2.18. The second kappa shape index (κ2) is 4.28. The van der Waals surface area contributed by atoms with Crippen LogP contribution < -0.4 is 5.73 Å².